The van der Waals surface area contributed by atoms with Crippen molar-refractivity contribution in [1.82, 2.24) is 0 Å². The Labute approximate surface area is 138 Å². The van der Waals surface area contributed by atoms with Crippen LogP contribution in [0.4, 0.5) is 11.4 Å². The molecule has 1 aromatic carbocycles. The molecule has 1 aliphatic heterocycles. The predicted octanol–water partition coefficient (Wildman–Crippen LogP) is 2.72. The maximum Gasteiger partial charge on any atom is 0.233 e. The standard InChI is InChI=1S/C14H11IN2O3S/c15-11-4-8(6-21-11)14(20)7-1-2-9-10(3-7)17-13(19)5-12(18)16-9/h1-4,6,14,20H,5H2,(H,16,18)(H,17,19). The second kappa shape index (κ2) is 5.74. The summed E-state index contributed by atoms with van der Waals surface area (Å²) in [5.74, 6) is -0.699. The summed E-state index contributed by atoms with van der Waals surface area (Å²) >= 11 is 3.76. The fourth-order valence-corrected chi connectivity index (χ4v) is 3.53. The normalized spacial score (nSPS) is 15.7. The van der Waals surface area contributed by atoms with Gasteiger partial charge in [-0.3, -0.25) is 9.59 Å². The van der Waals surface area contributed by atoms with Gasteiger partial charge in [-0.05, 0) is 57.3 Å². The molecule has 7 heteroatoms. The number of fused-ring (bicyclic) bond motifs is 1. The lowest BCUT2D eigenvalue weighted by Crippen LogP contribution is -2.16. The minimum absolute atomic E-state index is 0.199. The third-order valence-corrected chi connectivity index (χ3v) is 4.94. The van der Waals surface area contributed by atoms with E-state index in [-0.39, 0.29) is 18.2 Å². The quantitative estimate of drug-likeness (QED) is 0.523. The molecule has 1 atom stereocenters. The van der Waals surface area contributed by atoms with Crippen molar-refractivity contribution in [3.63, 3.8) is 0 Å². The lowest BCUT2D eigenvalue weighted by molar-refractivity contribution is -0.123. The van der Waals surface area contributed by atoms with Crippen LogP contribution in [-0.2, 0) is 9.59 Å². The number of halogens is 1. The van der Waals surface area contributed by atoms with E-state index >= 15 is 0 Å². The van der Waals surface area contributed by atoms with Crippen molar-refractivity contribution in [2.24, 2.45) is 0 Å². The molecular weight excluding hydrogens is 403 g/mol. The Balaban J connectivity index is 1.95. The molecule has 1 aromatic heterocycles. The van der Waals surface area contributed by atoms with E-state index in [1.807, 2.05) is 11.4 Å². The molecule has 1 aliphatic rings. The first-order chi connectivity index (χ1) is 10.0. The van der Waals surface area contributed by atoms with Crippen molar-refractivity contribution in [2.45, 2.75) is 12.5 Å². The van der Waals surface area contributed by atoms with Crippen molar-refractivity contribution in [2.75, 3.05) is 10.6 Å². The Hall–Kier alpha value is -1.45. The lowest BCUT2D eigenvalue weighted by atomic mass is 10.0. The largest absolute Gasteiger partial charge is 0.384 e. The highest BCUT2D eigenvalue weighted by molar-refractivity contribution is 14.1. The summed E-state index contributed by atoms with van der Waals surface area (Å²) in [6, 6.07) is 7.04. The van der Waals surface area contributed by atoms with E-state index in [0.29, 0.717) is 16.9 Å². The van der Waals surface area contributed by atoms with E-state index < -0.39 is 6.10 Å². The number of rotatable bonds is 2. The summed E-state index contributed by atoms with van der Waals surface area (Å²) in [5.41, 5.74) is 2.53. The van der Waals surface area contributed by atoms with Crippen LogP contribution in [0, 0.1) is 2.88 Å². The van der Waals surface area contributed by atoms with Gasteiger partial charge in [0.05, 0.1) is 14.3 Å². The molecule has 1 unspecified atom stereocenters. The van der Waals surface area contributed by atoms with Crippen molar-refractivity contribution >= 4 is 57.1 Å². The van der Waals surface area contributed by atoms with Crippen LogP contribution < -0.4 is 10.6 Å². The summed E-state index contributed by atoms with van der Waals surface area (Å²) in [4.78, 5) is 23.1. The number of aliphatic hydroxyl groups is 1. The van der Waals surface area contributed by atoms with E-state index in [2.05, 4.69) is 33.2 Å². The molecule has 108 valence electrons. The zero-order chi connectivity index (χ0) is 15.0. The zero-order valence-corrected chi connectivity index (χ0v) is 13.7. The number of hydrogen-bond acceptors (Lipinski definition) is 4. The molecule has 0 fully saturated rings. The molecule has 2 aromatic rings. The molecule has 0 aliphatic carbocycles. The monoisotopic (exact) mass is 414 g/mol. The van der Waals surface area contributed by atoms with Crippen molar-refractivity contribution in [1.29, 1.82) is 0 Å². The summed E-state index contributed by atoms with van der Waals surface area (Å²) in [6.45, 7) is 0. The minimum Gasteiger partial charge on any atom is -0.384 e. The number of anilines is 2. The second-order valence-electron chi connectivity index (χ2n) is 4.66. The number of aliphatic hydroxyl groups excluding tert-OH is 1. The molecule has 0 radical (unpaired) electrons. The maximum absolute atomic E-state index is 11.6. The summed E-state index contributed by atoms with van der Waals surface area (Å²) < 4.78 is 1.09. The highest BCUT2D eigenvalue weighted by Crippen LogP contribution is 2.32. The van der Waals surface area contributed by atoms with Crippen LogP contribution in [0.5, 0.6) is 0 Å². The van der Waals surface area contributed by atoms with Gasteiger partial charge < -0.3 is 15.7 Å². The van der Waals surface area contributed by atoms with Gasteiger partial charge in [-0.2, -0.15) is 0 Å². The van der Waals surface area contributed by atoms with E-state index in [4.69, 9.17) is 0 Å². The van der Waals surface area contributed by atoms with Crippen molar-refractivity contribution in [3.8, 4) is 0 Å². The topological polar surface area (TPSA) is 78.4 Å². The fraction of sp³-hybridized carbons (Fsp3) is 0.143. The molecule has 0 spiro atoms. The lowest BCUT2D eigenvalue weighted by Gasteiger charge is -2.13. The van der Waals surface area contributed by atoms with Crippen LogP contribution in [0.2, 0.25) is 0 Å². The van der Waals surface area contributed by atoms with Gasteiger partial charge >= 0.3 is 0 Å². The number of thiophene rings is 1. The van der Waals surface area contributed by atoms with Crippen molar-refractivity contribution in [3.05, 3.63) is 43.7 Å². The van der Waals surface area contributed by atoms with Gasteiger partial charge in [-0.1, -0.05) is 6.07 Å². The number of amides is 2. The Morgan fingerprint density at radius 3 is 2.48 bits per heavy atom. The fourth-order valence-electron chi connectivity index (χ4n) is 2.14. The van der Waals surface area contributed by atoms with Gasteiger partial charge in [0.15, 0.2) is 0 Å². The molecular formula is C14H11IN2O3S. The van der Waals surface area contributed by atoms with Gasteiger partial charge in [-0.25, -0.2) is 0 Å². The molecule has 2 heterocycles. The van der Waals surface area contributed by atoms with Gasteiger partial charge in [0.25, 0.3) is 0 Å². The number of carbonyl (C=O) groups excluding carboxylic acids is 2. The highest BCUT2D eigenvalue weighted by Gasteiger charge is 2.20. The highest BCUT2D eigenvalue weighted by atomic mass is 127. The van der Waals surface area contributed by atoms with Crippen LogP contribution >= 0.6 is 33.9 Å². The third kappa shape index (κ3) is 3.09. The van der Waals surface area contributed by atoms with Crippen LogP contribution in [0.15, 0.2) is 29.6 Å². The molecule has 0 saturated carbocycles. The van der Waals surface area contributed by atoms with Gasteiger partial charge in [0, 0.05) is 0 Å². The first kappa shape index (κ1) is 14.5. The molecule has 0 bridgehead atoms. The number of benzene rings is 1. The van der Waals surface area contributed by atoms with E-state index in [1.165, 1.54) is 0 Å². The summed E-state index contributed by atoms with van der Waals surface area (Å²) in [5, 5.41) is 17.6. The maximum atomic E-state index is 11.6. The average Bonchev–Trinajstić information content (AvgIpc) is 2.79. The third-order valence-electron chi connectivity index (χ3n) is 3.13. The average molecular weight is 414 g/mol. The molecule has 5 nitrogen and oxygen atoms in total. The van der Waals surface area contributed by atoms with Crippen LogP contribution in [0.25, 0.3) is 0 Å². The first-order valence-corrected chi connectivity index (χ1v) is 8.14. The molecule has 21 heavy (non-hydrogen) atoms. The predicted molar refractivity (Wildman–Crippen MR) is 89.4 cm³/mol. The summed E-state index contributed by atoms with van der Waals surface area (Å²) in [6.07, 6.45) is -0.958. The van der Waals surface area contributed by atoms with Crippen LogP contribution in [0.1, 0.15) is 23.7 Å². The van der Waals surface area contributed by atoms with E-state index in [1.54, 1.807) is 29.5 Å². The van der Waals surface area contributed by atoms with Gasteiger partial charge in [-0.15, -0.1) is 11.3 Å². The molecule has 3 rings (SSSR count). The Morgan fingerprint density at radius 2 is 1.81 bits per heavy atom. The van der Waals surface area contributed by atoms with Crippen LogP contribution in [-0.4, -0.2) is 16.9 Å². The van der Waals surface area contributed by atoms with Crippen LogP contribution in [0.3, 0.4) is 0 Å². The van der Waals surface area contributed by atoms with Gasteiger partial charge in [0.2, 0.25) is 11.8 Å². The molecule has 0 saturated heterocycles. The first-order valence-electron chi connectivity index (χ1n) is 6.18. The number of carbonyl (C=O) groups is 2. The van der Waals surface area contributed by atoms with Gasteiger partial charge in [0.1, 0.15) is 12.5 Å². The second-order valence-corrected chi connectivity index (χ2v) is 7.47. The smallest absolute Gasteiger partial charge is 0.233 e. The SMILES string of the molecule is O=C1CC(=O)Nc2cc(C(O)c3csc(I)c3)ccc2N1. The molecule has 3 N–H and O–H groups in total. The molecule has 2 amide bonds. The van der Waals surface area contributed by atoms with E-state index in [0.717, 1.165) is 8.45 Å². The van der Waals surface area contributed by atoms with E-state index in [9.17, 15) is 14.7 Å². The number of nitrogens with one attached hydrogen (secondary N) is 2. The Kier molecular flexibility index (Phi) is 3.96. The zero-order valence-electron chi connectivity index (χ0n) is 10.7. The Morgan fingerprint density at radius 1 is 1.10 bits per heavy atom. The summed E-state index contributed by atoms with van der Waals surface area (Å²) in [7, 11) is 0. The Bertz CT molecular complexity index is 729. The minimum atomic E-state index is -0.758. The number of hydrogen-bond donors (Lipinski definition) is 3. The van der Waals surface area contributed by atoms with Crippen molar-refractivity contribution < 1.29 is 14.7 Å².